The number of ether oxygens (including phenoxy) is 2. The zero-order valence-corrected chi connectivity index (χ0v) is 18.7. The lowest BCUT2D eigenvalue weighted by Gasteiger charge is -2.33. The van der Waals surface area contributed by atoms with E-state index in [9.17, 15) is 13.2 Å². The smallest absolute Gasteiger partial charge is 0.268 e. The van der Waals surface area contributed by atoms with E-state index < -0.39 is 10.0 Å². The highest BCUT2D eigenvalue weighted by atomic mass is 32.2. The van der Waals surface area contributed by atoms with E-state index in [-0.39, 0.29) is 22.7 Å². The molecule has 166 valence electrons. The fourth-order valence-electron chi connectivity index (χ4n) is 4.21. The van der Waals surface area contributed by atoms with Crippen LogP contribution in [-0.4, -0.2) is 58.7 Å². The minimum Gasteiger partial charge on any atom is -0.495 e. The first-order chi connectivity index (χ1) is 15.0. The fraction of sp³-hybridized carbons (Fsp3) is 0.435. The van der Waals surface area contributed by atoms with Crippen molar-refractivity contribution in [3.63, 3.8) is 0 Å². The lowest BCUT2D eigenvalue weighted by Crippen LogP contribution is -2.45. The van der Waals surface area contributed by atoms with Crippen LogP contribution in [0.25, 0.3) is 0 Å². The Morgan fingerprint density at radius 1 is 1.19 bits per heavy atom. The fourth-order valence-corrected chi connectivity index (χ4v) is 5.94. The molecule has 31 heavy (non-hydrogen) atoms. The van der Waals surface area contributed by atoms with Gasteiger partial charge in [0.05, 0.1) is 25.5 Å². The van der Waals surface area contributed by atoms with Crippen LogP contribution in [0.2, 0.25) is 0 Å². The average Bonchev–Trinajstić information content (AvgIpc) is 2.82. The Labute approximate surface area is 183 Å². The summed E-state index contributed by atoms with van der Waals surface area (Å²) in [7, 11) is -2.47. The molecule has 0 unspecified atom stereocenters. The van der Waals surface area contributed by atoms with Crippen molar-refractivity contribution in [3.8, 4) is 5.75 Å². The Morgan fingerprint density at radius 3 is 2.77 bits per heavy atom. The van der Waals surface area contributed by atoms with Crippen LogP contribution < -0.4 is 9.04 Å². The van der Waals surface area contributed by atoms with Gasteiger partial charge >= 0.3 is 0 Å². The minimum absolute atomic E-state index is 0.00371. The number of hydrogen-bond donors (Lipinski definition) is 0. The molecule has 2 aliphatic rings. The van der Waals surface area contributed by atoms with Gasteiger partial charge in [-0.3, -0.25) is 9.10 Å². The predicted octanol–water partition coefficient (Wildman–Crippen LogP) is 3.09. The number of anilines is 1. The van der Waals surface area contributed by atoms with Crippen molar-refractivity contribution in [2.45, 2.75) is 37.2 Å². The molecule has 7 nitrogen and oxygen atoms in total. The van der Waals surface area contributed by atoms with E-state index in [0.717, 1.165) is 24.8 Å². The summed E-state index contributed by atoms with van der Waals surface area (Å²) in [5, 5.41) is 0. The highest BCUT2D eigenvalue weighted by Crippen LogP contribution is 2.35. The van der Waals surface area contributed by atoms with Crippen LogP contribution in [0.15, 0.2) is 47.4 Å². The topological polar surface area (TPSA) is 76.2 Å². The molecule has 2 heterocycles. The number of benzene rings is 2. The maximum absolute atomic E-state index is 13.7. The SMILES string of the molecule is CC[C@@H]1CN(C(=O)c2ccc(OC)c(S(=O)(=O)N3CCCc4ccccc43)c2)CCO1. The third-order valence-corrected chi connectivity index (χ3v) is 7.76. The molecule has 1 atom stereocenters. The molecular formula is C23H28N2O5S. The van der Waals surface area contributed by atoms with Crippen LogP contribution >= 0.6 is 0 Å². The number of carbonyl (C=O) groups is 1. The van der Waals surface area contributed by atoms with Crippen molar-refractivity contribution < 1.29 is 22.7 Å². The number of fused-ring (bicyclic) bond motifs is 1. The second kappa shape index (κ2) is 8.88. The standard InChI is InChI=1S/C23H28N2O5S/c1-3-19-16-24(13-14-30-19)23(26)18-10-11-21(29-2)22(15-18)31(27,28)25-12-6-8-17-7-4-5-9-20(17)25/h4-5,7,9-11,15,19H,3,6,8,12-14,16H2,1-2H3/t19-/m1/s1. The van der Waals surface area contributed by atoms with Crippen molar-refractivity contribution in [2.75, 3.05) is 37.7 Å². The summed E-state index contributed by atoms with van der Waals surface area (Å²) in [6.07, 6.45) is 2.40. The lowest BCUT2D eigenvalue weighted by molar-refractivity contribution is -0.0226. The minimum atomic E-state index is -3.91. The molecule has 0 bridgehead atoms. The van der Waals surface area contributed by atoms with Gasteiger partial charge in [-0.2, -0.15) is 0 Å². The molecule has 1 fully saturated rings. The molecule has 0 aliphatic carbocycles. The normalized spacial score (nSPS) is 19.1. The molecule has 4 rings (SSSR count). The maximum Gasteiger partial charge on any atom is 0.268 e. The molecule has 0 aromatic heterocycles. The molecule has 2 aliphatic heterocycles. The van der Waals surface area contributed by atoms with Crippen LogP contribution in [0.4, 0.5) is 5.69 Å². The predicted molar refractivity (Wildman–Crippen MR) is 118 cm³/mol. The van der Waals surface area contributed by atoms with Gasteiger partial charge in [0.15, 0.2) is 0 Å². The molecule has 0 saturated carbocycles. The number of para-hydroxylation sites is 1. The van der Waals surface area contributed by atoms with Gasteiger partial charge in [0.25, 0.3) is 15.9 Å². The third-order valence-electron chi connectivity index (χ3n) is 5.93. The Balaban J connectivity index is 1.71. The summed E-state index contributed by atoms with van der Waals surface area (Å²) in [5.41, 5.74) is 2.02. The quantitative estimate of drug-likeness (QED) is 0.708. The second-order valence-corrected chi connectivity index (χ2v) is 9.66. The van der Waals surface area contributed by atoms with Crippen molar-refractivity contribution in [1.82, 2.24) is 4.90 Å². The summed E-state index contributed by atoms with van der Waals surface area (Å²) >= 11 is 0. The highest BCUT2D eigenvalue weighted by molar-refractivity contribution is 7.93. The van der Waals surface area contributed by atoms with Crippen LogP contribution in [-0.2, 0) is 21.2 Å². The van der Waals surface area contributed by atoms with Gasteiger partial charge in [0, 0.05) is 25.2 Å². The van der Waals surface area contributed by atoms with Gasteiger partial charge in [0.2, 0.25) is 0 Å². The number of sulfonamides is 1. The van der Waals surface area contributed by atoms with Crippen molar-refractivity contribution in [3.05, 3.63) is 53.6 Å². The van der Waals surface area contributed by atoms with Gasteiger partial charge in [-0.05, 0) is 49.1 Å². The largest absolute Gasteiger partial charge is 0.495 e. The van der Waals surface area contributed by atoms with E-state index in [1.54, 1.807) is 17.0 Å². The monoisotopic (exact) mass is 444 g/mol. The first-order valence-electron chi connectivity index (χ1n) is 10.6. The zero-order valence-electron chi connectivity index (χ0n) is 17.9. The van der Waals surface area contributed by atoms with Gasteiger partial charge in [-0.25, -0.2) is 8.42 Å². The van der Waals surface area contributed by atoms with E-state index in [1.165, 1.54) is 17.5 Å². The molecule has 0 radical (unpaired) electrons. The van der Waals surface area contributed by atoms with Crippen LogP contribution in [0.5, 0.6) is 5.75 Å². The summed E-state index contributed by atoms with van der Waals surface area (Å²) < 4.78 is 39.8. The summed E-state index contributed by atoms with van der Waals surface area (Å²) in [6, 6.07) is 12.2. The third kappa shape index (κ3) is 4.14. The molecular weight excluding hydrogens is 416 g/mol. The summed E-state index contributed by atoms with van der Waals surface area (Å²) in [4.78, 5) is 14.9. The van der Waals surface area contributed by atoms with E-state index in [1.807, 2.05) is 31.2 Å². The highest BCUT2D eigenvalue weighted by Gasteiger charge is 2.33. The molecule has 0 N–H and O–H groups in total. The molecule has 2 aromatic carbocycles. The first-order valence-corrected chi connectivity index (χ1v) is 12.1. The Hall–Kier alpha value is -2.58. The number of aryl methyl sites for hydroxylation is 1. The lowest BCUT2D eigenvalue weighted by atomic mass is 10.0. The van der Waals surface area contributed by atoms with Crippen LogP contribution in [0, 0.1) is 0 Å². The summed E-state index contributed by atoms with van der Waals surface area (Å²) in [5.74, 6) is 0.0351. The first kappa shape index (κ1) is 21.6. The number of amides is 1. The number of rotatable bonds is 5. The van der Waals surface area contributed by atoms with Crippen LogP contribution in [0.1, 0.15) is 35.7 Å². The van der Waals surface area contributed by atoms with Crippen LogP contribution in [0.3, 0.4) is 0 Å². The Morgan fingerprint density at radius 2 is 2.00 bits per heavy atom. The Kier molecular flexibility index (Phi) is 6.20. The second-order valence-electron chi connectivity index (χ2n) is 7.83. The molecule has 8 heteroatoms. The molecule has 1 amide bonds. The number of morpholine rings is 1. The number of hydrogen-bond acceptors (Lipinski definition) is 5. The molecule has 0 spiro atoms. The van der Waals surface area contributed by atoms with E-state index in [2.05, 4.69) is 0 Å². The van der Waals surface area contributed by atoms with Gasteiger partial charge < -0.3 is 14.4 Å². The maximum atomic E-state index is 13.7. The van der Waals surface area contributed by atoms with E-state index in [0.29, 0.717) is 37.5 Å². The summed E-state index contributed by atoms with van der Waals surface area (Å²) in [6.45, 7) is 3.89. The van der Waals surface area contributed by atoms with Crippen molar-refractivity contribution in [2.24, 2.45) is 0 Å². The van der Waals surface area contributed by atoms with Crippen molar-refractivity contribution in [1.29, 1.82) is 0 Å². The van der Waals surface area contributed by atoms with Crippen molar-refractivity contribution >= 4 is 21.6 Å². The molecule has 1 saturated heterocycles. The number of methoxy groups -OCH3 is 1. The Bertz CT molecular complexity index is 1070. The zero-order chi connectivity index (χ0) is 22.0. The average molecular weight is 445 g/mol. The van der Waals surface area contributed by atoms with E-state index >= 15 is 0 Å². The number of carbonyl (C=O) groups excluding carboxylic acids is 1. The van der Waals surface area contributed by atoms with Gasteiger partial charge in [-0.15, -0.1) is 0 Å². The van der Waals surface area contributed by atoms with E-state index in [4.69, 9.17) is 9.47 Å². The molecule has 2 aromatic rings. The van der Waals surface area contributed by atoms with Gasteiger partial charge in [-0.1, -0.05) is 25.1 Å². The number of nitrogens with zero attached hydrogens (tertiary/aromatic N) is 2. The van der Waals surface area contributed by atoms with Gasteiger partial charge in [0.1, 0.15) is 10.6 Å².